The van der Waals surface area contributed by atoms with Gasteiger partial charge in [-0.1, -0.05) is 0 Å². The zero-order valence-electron chi connectivity index (χ0n) is 12.8. The molecule has 2 aromatic rings. The van der Waals surface area contributed by atoms with E-state index in [-0.39, 0.29) is 0 Å². The molecule has 0 aromatic carbocycles. The van der Waals surface area contributed by atoms with Crippen LogP contribution in [0.5, 0.6) is 0 Å². The number of aryl methyl sites for hydroxylation is 2. The van der Waals surface area contributed by atoms with Gasteiger partial charge < -0.3 is 13.6 Å². The molecular formula is C15H21N3O3. The highest BCUT2D eigenvalue weighted by molar-refractivity contribution is 5.55. The molecule has 0 unspecified atom stereocenters. The number of rotatable bonds is 5. The second-order valence-corrected chi connectivity index (χ2v) is 5.66. The SMILES string of the molecule is Cc1cc(-c2nnc(CN(C)C[C@@H]3CCCO3)o2)c(C)o1. The van der Waals surface area contributed by atoms with Crippen LogP contribution in [0.15, 0.2) is 14.9 Å². The van der Waals surface area contributed by atoms with E-state index in [0.29, 0.717) is 24.4 Å². The van der Waals surface area contributed by atoms with Gasteiger partial charge in [-0.25, -0.2) is 0 Å². The molecule has 1 atom stereocenters. The molecule has 3 heterocycles. The van der Waals surface area contributed by atoms with Crippen LogP contribution in [-0.2, 0) is 11.3 Å². The van der Waals surface area contributed by atoms with Crippen LogP contribution >= 0.6 is 0 Å². The Hall–Kier alpha value is -1.66. The van der Waals surface area contributed by atoms with E-state index in [4.69, 9.17) is 13.6 Å². The normalized spacial score (nSPS) is 18.8. The van der Waals surface area contributed by atoms with Gasteiger partial charge in [0, 0.05) is 13.2 Å². The lowest BCUT2D eigenvalue weighted by atomic mass is 10.2. The first-order valence-corrected chi connectivity index (χ1v) is 7.32. The highest BCUT2D eigenvalue weighted by atomic mass is 16.5. The topological polar surface area (TPSA) is 64.5 Å². The zero-order valence-corrected chi connectivity index (χ0v) is 12.8. The van der Waals surface area contributed by atoms with E-state index in [0.717, 1.165) is 43.1 Å². The maximum atomic E-state index is 5.73. The Bertz CT molecular complexity index is 599. The summed E-state index contributed by atoms with van der Waals surface area (Å²) in [6, 6.07) is 1.92. The molecule has 1 aliphatic heterocycles. The molecule has 0 saturated carbocycles. The largest absolute Gasteiger partial charge is 0.466 e. The van der Waals surface area contributed by atoms with E-state index in [1.54, 1.807) is 0 Å². The third-order valence-corrected chi connectivity index (χ3v) is 3.68. The number of furan rings is 1. The zero-order chi connectivity index (χ0) is 14.8. The monoisotopic (exact) mass is 291 g/mol. The number of likely N-dealkylation sites (N-methyl/N-ethyl adjacent to an activating group) is 1. The van der Waals surface area contributed by atoms with Crippen LogP contribution in [0.3, 0.4) is 0 Å². The summed E-state index contributed by atoms with van der Waals surface area (Å²) in [6.07, 6.45) is 2.62. The molecule has 6 nitrogen and oxygen atoms in total. The summed E-state index contributed by atoms with van der Waals surface area (Å²) in [4.78, 5) is 2.15. The number of hydrogen-bond acceptors (Lipinski definition) is 6. The molecular weight excluding hydrogens is 270 g/mol. The lowest BCUT2D eigenvalue weighted by Gasteiger charge is -2.18. The summed E-state index contributed by atoms with van der Waals surface area (Å²) in [5, 5.41) is 8.23. The van der Waals surface area contributed by atoms with Crippen LogP contribution in [0.1, 0.15) is 30.3 Å². The molecule has 0 aliphatic carbocycles. The number of hydrogen-bond donors (Lipinski definition) is 0. The Morgan fingerprint density at radius 2 is 2.14 bits per heavy atom. The van der Waals surface area contributed by atoms with Crippen molar-refractivity contribution in [3.8, 4) is 11.5 Å². The molecule has 21 heavy (non-hydrogen) atoms. The van der Waals surface area contributed by atoms with Crippen LogP contribution in [-0.4, -0.2) is 41.4 Å². The summed E-state index contributed by atoms with van der Waals surface area (Å²) in [5.41, 5.74) is 0.869. The maximum Gasteiger partial charge on any atom is 0.251 e. The van der Waals surface area contributed by atoms with Gasteiger partial charge in [0.1, 0.15) is 11.5 Å². The third-order valence-electron chi connectivity index (χ3n) is 3.68. The van der Waals surface area contributed by atoms with E-state index in [9.17, 15) is 0 Å². The van der Waals surface area contributed by atoms with Crippen LogP contribution in [0.4, 0.5) is 0 Å². The highest BCUT2D eigenvalue weighted by Gasteiger charge is 2.19. The lowest BCUT2D eigenvalue weighted by molar-refractivity contribution is 0.0770. The summed E-state index contributed by atoms with van der Waals surface area (Å²) in [7, 11) is 2.04. The first-order valence-electron chi connectivity index (χ1n) is 7.32. The van der Waals surface area contributed by atoms with Gasteiger partial charge >= 0.3 is 0 Å². The van der Waals surface area contributed by atoms with Gasteiger partial charge in [0.2, 0.25) is 5.89 Å². The number of ether oxygens (including phenoxy) is 1. The molecule has 0 N–H and O–H groups in total. The fraction of sp³-hybridized carbons (Fsp3) is 0.600. The minimum Gasteiger partial charge on any atom is -0.466 e. The predicted octanol–water partition coefficient (Wildman–Crippen LogP) is 2.56. The minimum atomic E-state index is 0.330. The van der Waals surface area contributed by atoms with E-state index in [1.165, 1.54) is 0 Å². The van der Waals surface area contributed by atoms with Crippen LogP contribution < -0.4 is 0 Å². The Labute approximate surface area is 124 Å². The van der Waals surface area contributed by atoms with Crippen molar-refractivity contribution in [2.24, 2.45) is 0 Å². The highest BCUT2D eigenvalue weighted by Crippen LogP contribution is 2.25. The molecule has 3 rings (SSSR count). The summed E-state index contributed by atoms with van der Waals surface area (Å²) < 4.78 is 16.9. The molecule has 6 heteroatoms. The van der Waals surface area contributed by atoms with E-state index < -0.39 is 0 Å². The standard InChI is InChI=1S/C15H21N3O3/c1-10-7-13(11(2)20-10)15-17-16-14(21-15)9-18(3)8-12-5-4-6-19-12/h7,12H,4-6,8-9H2,1-3H3/t12-/m0/s1. The van der Waals surface area contributed by atoms with Crippen molar-refractivity contribution in [2.75, 3.05) is 20.2 Å². The van der Waals surface area contributed by atoms with Gasteiger partial charge in [-0.05, 0) is 39.8 Å². The molecule has 0 bridgehead atoms. The van der Waals surface area contributed by atoms with Crippen LogP contribution in [0.25, 0.3) is 11.5 Å². The van der Waals surface area contributed by atoms with Gasteiger partial charge in [-0.15, -0.1) is 10.2 Å². The molecule has 114 valence electrons. The maximum absolute atomic E-state index is 5.73. The van der Waals surface area contributed by atoms with Crippen molar-refractivity contribution in [3.63, 3.8) is 0 Å². The van der Waals surface area contributed by atoms with Crippen molar-refractivity contribution in [2.45, 2.75) is 39.3 Å². The van der Waals surface area contributed by atoms with Gasteiger partial charge in [-0.2, -0.15) is 0 Å². The number of aromatic nitrogens is 2. The van der Waals surface area contributed by atoms with Crippen molar-refractivity contribution in [1.82, 2.24) is 15.1 Å². The lowest BCUT2D eigenvalue weighted by Crippen LogP contribution is -2.28. The second-order valence-electron chi connectivity index (χ2n) is 5.66. The minimum absolute atomic E-state index is 0.330. The Balaban J connectivity index is 1.63. The Morgan fingerprint density at radius 1 is 1.29 bits per heavy atom. The van der Waals surface area contributed by atoms with Crippen molar-refractivity contribution in [3.05, 3.63) is 23.5 Å². The molecule has 0 amide bonds. The van der Waals surface area contributed by atoms with Gasteiger partial charge in [-0.3, -0.25) is 4.90 Å². The van der Waals surface area contributed by atoms with E-state index >= 15 is 0 Å². The van der Waals surface area contributed by atoms with Crippen LogP contribution in [0.2, 0.25) is 0 Å². The molecule has 1 fully saturated rings. The van der Waals surface area contributed by atoms with Crippen molar-refractivity contribution in [1.29, 1.82) is 0 Å². The summed E-state index contributed by atoms with van der Waals surface area (Å²) in [5.74, 6) is 2.78. The molecule has 2 aromatic heterocycles. The number of nitrogens with zero attached hydrogens (tertiary/aromatic N) is 3. The third kappa shape index (κ3) is 3.33. The summed E-state index contributed by atoms with van der Waals surface area (Å²) >= 11 is 0. The fourth-order valence-corrected chi connectivity index (χ4v) is 2.70. The predicted molar refractivity (Wildman–Crippen MR) is 76.8 cm³/mol. The molecule has 1 aliphatic rings. The first kappa shape index (κ1) is 14.3. The summed E-state index contributed by atoms with van der Waals surface area (Å²) in [6.45, 7) is 6.20. The van der Waals surface area contributed by atoms with Crippen molar-refractivity contribution >= 4 is 0 Å². The van der Waals surface area contributed by atoms with Gasteiger partial charge in [0.15, 0.2) is 0 Å². The Kier molecular flexibility index (Phi) is 4.07. The van der Waals surface area contributed by atoms with Crippen molar-refractivity contribution < 1.29 is 13.6 Å². The average molecular weight is 291 g/mol. The average Bonchev–Trinajstić information content (AvgIpc) is 3.12. The van der Waals surface area contributed by atoms with Gasteiger partial charge in [0.25, 0.3) is 5.89 Å². The van der Waals surface area contributed by atoms with Gasteiger partial charge in [0.05, 0.1) is 18.2 Å². The molecule has 0 radical (unpaired) electrons. The van der Waals surface area contributed by atoms with E-state index in [1.807, 2.05) is 27.0 Å². The first-order chi connectivity index (χ1) is 10.1. The molecule has 1 saturated heterocycles. The fourth-order valence-electron chi connectivity index (χ4n) is 2.70. The molecule has 0 spiro atoms. The second kappa shape index (κ2) is 5.99. The van der Waals surface area contributed by atoms with E-state index in [2.05, 4.69) is 15.1 Å². The quantitative estimate of drug-likeness (QED) is 0.843. The Morgan fingerprint density at radius 3 is 2.81 bits per heavy atom. The van der Waals surface area contributed by atoms with Crippen LogP contribution in [0, 0.1) is 13.8 Å². The smallest absolute Gasteiger partial charge is 0.251 e.